The summed E-state index contributed by atoms with van der Waals surface area (Å²) in [5.74, 6) is 5.13. The van der Waals surface area contributed by atoms with Gasteiger partial charge in [0.25, 0.3) is 0 Å². The Morgan fingerprint density at radius 1 is 1.03 bits per heavy atom. The van der Waals surface area contributed by atoms with Crippen LogP contribution in [0.4, 0.5) is 5.69 Å². The molecule has 4 fully saturated rings. The van der Waals surface area contributed by atoms with Gasteiger partial charge in [-0.1, -0.05) is 0 Å². The number of carbonyl (C=O) groups is 1. The van der Waals surface area contributed by atoms with Crippen LogP contribution in [0.1, 0.15) is 44.3 Å². The van der Waals surface area contributed by atoms with Gasteiger partial charge in [0.1, 0.15) is 23.7 Å². The van der Waals surface area contributed by atoms with Crippen LogP contribution in [0.3, 0.4) is 0 Å². The van der Waals surface area contributed by atoms with Gasteiger partial charge in [0.05, 0.1) is 5.41 Å². The van der Waals surface area contributed by atoms with Crippen molar-refractivity contribution >= 4 is 11.6 Å². The Balaban J connectivity index is 1.14. The van der Waals surface area contributed by atoms with Crippen molar-refractivity contribution in [2.24, 2.45) is 23.2 Å². The summed E-state index contributed by atoms with van der Waals surface area (Å²) in [6.45, 7) is 1.92. The number of carbonyl (C=O) groups excluding carboxylic acids is 1. The molecule has 1 aromatic carbocycles. The second kappa shape index (κ2) is 7.43. The predicted molar refractivity (Wildman–Crippen MR) is 120 cm³/mol. The number of hydrogen-bond donors (Lipinski definition) is 1. The highest BCUT2D eigenvalue weighted by Gasteiger charge is 2.54. The van der Waals surface area contributed by atoms with Gasteiger partial charge in [-0.25, -0.2) is 15.0 Å². The molecule has 4 bridgehead atoms. The van der Waals surface area contributed by atoms with Crippen LogP contribution < -0.4 is 10.1 Å². The molecule has 2 heterocycles. The van der Waals surface area contributed by atoms with Gasteiger partial charge < -0.3 is 10.1 Å². The molecule has 1 amide bonds. The molecule has 4 aliphatic rings. The molecule has 0 unspecified atom stereocenters. The van der Waals surface area contributed by atoms with Gasteiger partial charge in [0, 0.05) is 24.1 Å². The molecule has 0 atom stereocenters. The lowest BCUT2D eigenvalue weighted by Crippen LogP contribution is -2.51. The van der Waals surface area contributed by atoms with E-state index in [1.807, 2.05) is 42.0 Å². The predicted octanol–water partition coefficient (Wildman–Crippen LogP) is 4.92. The number of benzene rings is 1. The smallest absolute Gasteiger partial charge is 0.230 e. The molecule has 0 spiro atoms. The van der Waals surface area contributed by atoms with Crippen LogP contribution in [-0.4, -0.2) is 25.4 Å². The Bertz CT molecular complexity index is 1120. The van der Waals surface area contributed by atoms with Crippen molar-refractivity contribution in [2.75, 3.05) is 5.32 Å². The van der Waals surface area contributed by atoms with Crippen molar-refractivity contribution in [1.82, 2.24) is 19.5 Å². The van der Waals surface area contributed by atoms with Crippen molar-refractivity contribution in [1.29, 1.82) is 0 Å². The van der Waals surface area contributed by atoms with Crippen molar-refractivity contribution in [3.05, 3.63) is 54.9 Å². The standard InChI is InChI=1S/C25H27N5O2/c1-16-26-6-7-30(16)22-11-23(28-15-27-22)32-21-4-2-20(3-5-21)29-24(31)25-12-17-8-18(13-25)10-19(9-17)14-25/h2-7,11,15,17-19H,8-10,12-14H2,1H3,(H,29,31). The molecule has 4 saturated carbocycles. The van der Waals surface area contributed by atoms with E-state index in [-0.39, 0.29) is 11.3 Å². The monoisotopic (exact) mass is 429 g/mol. The highest BCUT2D eigenvalue weighted by atomic mass is 16.5. The number of aromatic nitrogens is 4. The van der Waals surface area contributed by atoms with E-state index >= 15 is 0 Å². The van der Waals surface area contributed by atoms with E-state index in [0.717, 1.165) is 48.5 Å². The number of aryl methyl sites for hydroxylation is 1. The number of nitrogens with zero attached hydrogens (tertiary/aromatic N) is 4. The van der Waals surface area contributed by atoms with E-state index in [1.54, 1.807) is 12.3 Å². The van der Waals surface area contributed by atoms with Crippen LogP contribution in [0.5, 0.6) is 11.6 Å². The number of hydrogen-bond acceptors (Lipinski definition) is 5. The van der Waals surface area contributed by atoms with Gasteiger partial charge in [-0.15, -0.1) is 0 Å². The third kappa shape index (κ3) is 3.45. The number of rotatable bonds is 5. The fourth-order valence-electron chi connectivity index (χ4n) is 6.52. The highest BCUT2D eigenvalue weighted by molar-refractivity contribution is 5.95. The number of amides is 1. The zero-order valence-corrected chi connectivity index (χ0v) is 18.2. The molecular formula is C25H27N5O2. The van der Waals surface area contributed by atoms with Crippen LogP contribution in [0, 0.1) is 30.1 Å². The summed E-state index contributed by atoms with van der Waals surface area (Å²) in [5, 5.41) is 3.19. The largest absolute Gasteiger partial charge is 0.439 e. The van der Waals surface area contributed by atoms with Crippen molar-refractivity contribution in [3.8, 4) is 17.4 Å². The molecule has 32 heavy (non-hydrogen) atoms. The lowest BCUT2D eigenvalue weighted by atomic mass is 9.49. The quantitative estimate of drug-likeness (QED) is 0.623. The molecule has 0 aliphatic heterocycles. The summed E-state index contributed by atoms with van der Waals surface area (Å²) in [6.07, 6.45) is 12.3. The molecule has 1 N–H and O–H groups in total. The van der Waals surface area contributed by atoms with Crippen molar-refractivity contribution in [2.45, 2.75) is 45.4 Å². The molecule has 0 saturated heterocycles. The average Bonchev–Trinajstić information content (AvgIpc) is 3.20. The molecule has 164 valence electrons. The van der Waals surface area contributed by atoms with Gasteiger partial charge in [-0.3, -0.25) is 9.36 Å². The Morgan fingerprint density at radius 3 is 2.34 bits per heavy atom. The maximum atomic E-state index is 13.3. The fraction of sp³-hybridized carbons (Fsp3) is 0.440. The number of ether oxygens (including phenoxy) is 1. The number of anilines is 1. The van der Waals surface area contributed by atoms with Crippen molar-refractivity contribution in [3.63, 3.8) is 0 Å². The minimum atomic E-state index is -0.146. The molecule has 7 rings (SSSR count). The minimum Gasteiger partial charge on any atom is -0.439 e. The van der Waals surface area contributed by atoms with Gasteiger partial charge in [0.15, 0.2) is 0 Å². The van der Waals surface area contributed by atoms with E-state index in [2.05, 4.69) is 20.3 Å². The molecule has 4 aliphatic carbocycles. The van der Waals surface area contributed by atoms with E-state index in [4.69, 9.17) is 4.74 Å². The Hall–Kier alpha value is -3.22. The summed E-state index contributed by atoms with van der Waals surface area (Å²) < 4.78 is 7.79. The third-order valence-corrected chi connectivity index (χ3v) is 7.55. The summed E-state index contributed by atoms with van der Waals surface area (Å²) in [7, 11) is 0. The topological polar surface area (TPSA) is 81.9 Å². The second-order valence-electron chi connectivity index (χ2n) is 9.84. The Labute approximate surface area is 187 Å². The summed E-state index contributed by atoms with van der Waals surface area (Å²) in [6, 6.07) is 9.29. The van der Waals surface area contributed by atoms with Crippen LogP contribution in [0.2, 0.25) is 0 Å². The van der Waals surface area contributed by atoms with Gasteiger partial charge in [-0.2, -0.15) is 0 Å². The Kier molecular flexibility index (Phi) is 4.52. The zero-order chi connectivity index (χ0) is 21.7. The first kappa shape index (κ1) is 19.5. The van der Waals surface area contributed by atoms with Crippen LogP contribution in [-0.2, 0) is 4.79 Å². The van der Waals surface area contributed by atoms with E-state index < -0.39 is 0 Å². The maximum absolute atomic E-state index is 13.3. The van der Waals surface area contributed by atoms with E-state index in [0.29, 0.717) is 17.4 Å². The van der Waals surface area contributed by atoms with Crippen LogP contribution in [0.25, 0.3) is 5.82 Å². The van der Waals surface area contributed by atoms with Crippen molar-refractivity contribution < 1.29 is 9.53 Å². The van der Waals surface area contributed by atoms with Gasteiger partial charge in [0.2, 0.25) is 11.8 Å². The average molecular weight is 430 g/mol. The summed E-state index contributed by atoms with van der Waals surface area (Å²) in [4.78, 5) is 26.0. The molecule has 3 aromatic rings. The SMILES string of the molecule is Cc1nccn1-c1cc(Oc2ccc(NC(=O)C34CC5CC(CC(C5)C3)C4)cc2)ncn1. The van der Waals surface area contributed by atoms with Gasteiger partial charge >= 0.3 is 0 Å². The summed E-state index contributed by atoms with van der Waals surface area (Å²) >= 11 is 0. The minimum absolute atomic E-state index is 0.146. The number of imidazole rings is 1. The van der Waals surface area contributed by atoms with E-state index in [9.17, 15) is 4.79 Å². The van der Waals surface area contributed by atoms with Crippen LogP contribution in [0.15, 0.2) is 49.1 Å². The normalized spacial score (nSPS) is 28.0. The summed E-state index contributed by atoms with van der Waals surface area (Å²) in [5.41, 5.74) is 0.669. The molecule has 7 heteroatoms. The molecule has 2 aromatic heterocycles. The highest BCUT2D eigenvalue weighted by Crippen LogP contribution is 2.60. The zero-order valence-electron chi connectivity index (χ0n) is 18.2. The Morgan fingerprint density at radius 2 is 1.72 bits per heavy atom. The lowest BCUT2D eigenvalue weighted by molar-refractivity contribution is -0.140. The second-order valence-corrected chi connectivity index (χ2v) is 9.84. The molecule has 7 nitrogen and oxygen atoms in total. The maximum Gasteiger partial charge on any atom is 0.230 e. The molecule has 0 radical (unpaired) electrons. The third-order valence-electron chi connectivity index (χ3n) is 7.55. The lowest BCUT2D eigenvalue weighted by Gasteiger charge is -2.55. The van der Waals surface area contributed by atoms with E-state index in [1.165, 1.54) is 25.6 Å². The first-order chi connectivity index (χ1) is 15.6. The first-order valence-electron chi connectivity index (χ1n) is 11.5. The molecular weight excluding hydrogens is 402 g/mol. The number of nitrogens with one attached hydrogen (secondary N) is 1. The van der Waals surface area contributed by atoms with Gasteiger partial charge in [-0.05, 0) is 87.5 Å². The van der Waals surface area contributed by atoms with Crippen LogP contribution >= 0.6 is 0 Å². The fourth-order valence-corrected chi connectivity index (χ4v) is 6.52. The first-order valence-corrected chi connectivity index (χ1v) is 11.5.